The van der Waals surface area contributed by atoms with Gasteiger partial charge in [-0.2, -0.15) is 0 Å². The Labute approximate surface area is 174 Å². The fourth-order valence-electron chi connectivity index (χ4n) is 3.35. The Balaban J connectivity index is 1.44. The minimum atomic E-state index is -0.335. The van der Waals surface area contributed by atoms with Crippen molar-refractivity contribution in [2.45, 2.75) is 6.54 Å². The Bertz CT molecular complexity index is 987. The Kier molecular flexibility index (Phi) is 6.10. The molecule has 0 radical (unpaired) electrons. The molecule has 1 fully saturated rings. The highest BCUT2D eigenvalue weighted by molar-refractivity contribution is 6.05. The smallest absolute Gasteiger partial charge is 0.270 e. The highest BCUT2D eigenvalue weighted by Gasteiger charge is 2.25. The van der Waals surface area contributed by atoms with E-state index in [-0.39, 0.29) is 17.5 Å². The molecule has 0 aliphatic carbocycles. The van der Waals surface area contributed by atoms with Crippen LogP contribution < -0.4 is 5.32 Å². The van der Waals surface area contributed by atoms with Gasteiger partial charge in [0.2, 0.25) is 0 Å². The van der Waals surface area contributed by atoms with Gasteiger partial charge in [0, 0.05) is 37.8 Å². The van der Waals surface area contributed by atoms with E-state index in [9.17, 15) is 9.59 Å². The van der Waals surface area contributed by atoms with E-state index in [1.165, 1.54) is 6.26 Å². The van der Waals surface area contributed by atoms with Crippen molar-refractivity contribution in [3.05, 3.63) is 89.9 Å². The lowest BCUT2D eigenvalue weighted by Crippen LogP contribution is -2.50. The normalized spacial score (nSPS) is 15.2. The minimum absolute atomic E-state index is 0.193. The molecule has 30 heavy (non-hydrogen) atoms. The first-order chi connectivity index (χ1) is 14.7. The van der Waals surface area contributed by atoms with E-state index in [4.69, 9.17) is 8.83 Å². The van der Waals surface area contributed by atoms with E-state index in [1.54, 1.807) is 53.6 Å². The Morgan fingerprint density at radius 1 is 0.900 bits per heavy atom. The van der Waals surface area contributed by atoms with Crippen LogP contribution in [0.25, 0.3) is 6.08 Å². The molecule has 0 unspecified atom stereocenters. The standard InChI is InChI=1S/C23H23N3O4/c27-22(18-6-2-1-3-7-18)24-21(16-19-8-4-14-29-19)23(28)26-12-10-25(11-13-26)17-20-9-5-15-30-20/h1-9,14-16H,10-13,17H2,(H,24,27)/b21-16+. The predicted molar refractivity (Wildman–Crippen MR) is 111 cm³/mol. The number of benzene rings is 1. The topological polar surface area (TPSA) is 78.9 Å². The van der Waals surface area contributed by atoms with Gasteiger partial charge in [-0.15, -0.1) is 0 Å². The molecule has 1 aliphatic rings. The van der Waals surface area contributed by atoms with Gasteiger partial charge in [-0.3, -0.25) is 14.5 Å². The van der Waals surface area contributed by atoms with Crippen LogP contribution in [0.5, 0.6) is 0 Å². The Hall–Kier alpha value is -3.58. The summed E-state index contributed by atoms with van der Waals surface area (Å²) in [6, 6.07) is 16.1. The van der Waals surface area contributed by atoms with E-state index in [0.717, 1.165) is 25.4 Å². The van der Waals surface area contributed by atoms with Crippen LogP contribution >= 0.6 is 0 Å². The summed E-state index contributed by atoms with van der Waals surface area (Å²) in [6.07, 6.45) is 4.76. The van der Waals surface area contributed by atoms with Crippen LogP contribution in [0.2, 0.25) is 0 Å². The van der Waals surface area contributed by atoms with E-state index >= 15 is 0 Å². The lowest BCUT2D eigenvalue weighted by molar-refractivity contribution is -0.129. The number of furan rings is 2. The molecule has 1 saturated heterocycles. The zero-order valence-electron chi connectivity index (χ0n) is 16.5. The van der Waals surface area contributed by atoms with Gasteiger partial charge in [0.15, 0.2) is 0 Å². The summed E-state index contributed by atoms with van der Waals surface area (Å²) in [5.41, 5.74) is 0.678. The second-order valence-electron chi connectivity index (χ2n) is 7.04. The van der Waals surface area contributed by atoms with Crippen LogP contribution in [0.4, 0.5) is 0 Å². The number of rotatable bonds is 6. The third kappa shape index (κ3) is 4.87. The van der Waals surface area contributed by atoms with Crippen molar-refractivity contribution in [1.82, 2.24) is 15.1 Å². The average Bonchev–Trinajstić information content (AvgIpc) is 3.48. The van der Waals surface area contributed by atoms with E-state index < -0.39 is 0 Å². The monoisotopic (exact) mass is 405 g/mol. The van der Waals surface area contributed by atoms with Crippen molar-refractivity contribution in [1.29, 1.82) is 0 Å². The van der Waals surface area contributed by atoms with Crippen LogP contribution in [0.3, 0.4) is 0 Å². The third-order valence-corrected chi connectivity index (χ3v) is 4.96. The van der Waals surface area contributed by atoms with Gasteiger partial charge in [-0.05, 0) is 36.4 Å². The lowest BCUT2D eigenvalue weighted by atomic mass is 10.2. The van der Waals surface area contributed by atoms with Gasteiger partial charge in [0.25, 0.3) is 11.8 Å². The maximum Gasteiger partial charge on any atom is 0.270 e. The molecule has 4 rings (SSSR count). The molecular weight excluding hydrogens is 382 g/mol. The second-order valence-corrected chi connectivity index (χ2v) is 7.04. The van der Waals surface area contributed by atoms with Gasteiger partial charge < -0.3 is 19.1 Å². The summed E-state index contributed by atoms with van der Waals surface area (Å²) in [5.74, 6) is 0.845. The number of hydrogen-bond donors (Lipinski definition) is 1. The molecule has 2 aromatic heterocycles. The summed E-state index contributed by atoms with van der Waals surface area (Å²) in [4.78, 5) is 29.8. The quantitative estimate of drug-likeness (QED) is 0.638. The number of nitrogens with zero attached hydrogens (tertiary/aromatic N) is 2. The van der Waals surface area contributed by atoms with Gasteiger partial charge in [-0.25, -0.2) is 0 Å². The molecule has 0 saturated carbocycles. The molecule has 2 amide bonds. The summed E-state index contributed by atoms with van der Waals surface area (Å²) in [6.45, 7) is 3.31. The summed E-state index contributed by atoms with van der Waals surface area (Å²) in [5, 5.41) is 2.76. The summed E-state index contributed by atoms with van der Waals surface area (Å²) in [7, 11) is 0. The summed E-state index contributed by atoms with van der Waals surface area (Å²) < 4.78 is 10.8. The highest BCUT2D eigenvalue weighted by atomic mass is 16.3. The number of nitrogens with one attached hydrogen (secondary N) is 1. The molecule has 3 heterocycles. The number of carbonyl (C=O) groups is 2. The van der Waals surface area contributed by atoms with Crippen molar-refractivity contribution in [3.63, 3.8) is 0 Å². The number of amides is 2. The van der Waals surface area contributed by atoms with Crippen LogP contribution in [0, 0.1) is 0 Å². The van der Waals surface area contributed by atoms with Gasteiger partial charge in [-0.1, -0.05) is 18.2 Å². The molecule has 0 bridgehead atoms. The van der Waals surface area contributed by atoms with E-state index in [1.807, 2.05) is 18.2 Å². The van der Waals surface area contributed by atoms with Gasteiger partial charge in [0.1, 0.15) is 17.2 Å². The fourth-order valence-corrected chi connectivity index (χ4v) is 3.35. The molecule has 1 aromatic carbocycles. The van der Waals surface area contributed by atoms with Crippen molar-refractivity contribution < 1.29 is 18.4 Å². The second kappa shape index (κ2) is 9.28. The van der Waals surface area contributed by atoms with Crippen LogP contribution in [0.15, 0.2) is 81.7 Å². The van der Waals surface area contributed by atoms with Crippen LogP contribution in [0.1, 0.15) is 21.9 Å². The first-order valence-electron chi connectivity index (χ1n) is 9.84. The van der Waals surface area contributed by atoms with Gasteiger partial charge in [0.05, 0.1) is 19.1 Å². The first-order valence-corrected chi connectivity index (χ1v) is 9.84. The lowest BCUT2D eigenvalue weighted by Gasteiger charge is -2.34. The first kappa shape index (κ1) is 19.7. The fraction of sp³-hybridized carbons (Fsp3) is 0.217. The molecule has 154 valence electrons. The molecule has 3 aromatic rings. The maximum atomic E-state index is 13.2. The maximum absolute atomic E-state index is 13.2. The zero-order chi connectivity index (χ0) is 20.8. The third-order valence-electron chi connectivity index (χ3n) is 4.96. The Morgan fingerprint density at radius 2 is 1.63 bits per heavy atom. The number of piperazine rings is 1. The largest absolute Gasteiger partial charge is 0.468 e. The highest BCUT2D eigenvalue weighted by Crippen LogP contribution is 2.14. The van der Waals surface area contributed by atoms with E-state index in [2.05, 4.69) is 10.2 Å². The van der Waals surface area contributed by atoms with Crippen LogP contribution in [-0.4, -0.2) is 47.8 Å². The molecular formula is C23H23N3O4. The summed E-state index contributed by atoms with van der Waals surface area (Å²) >= 11 is 0. The molecule has 7 heteroatoms. The van der Waals surface area contributed by atoms with Crippen molar-refractivity contribution in [2.75, 3.05) is 26.2 Å². The minimum Gasteiger partial charge on any atom is -0.468 e. The molecule has 7 nitrogen and oxygen atoms in total. The Morgan fingerprint density at radius 3 is 2.30 bits per heavy atom. The van der Waals surface area contributed by atoms with Crippen molar-refractivity contribution >= 4 is 17.9 Å². The predicted octanol–water partition coefficient (Wildman–Crippen LogP) is 2.99. The number of carbonyl (C=O) groups excluding carboxylic acids is 2. The van der Waals surface area contributed by atoms with Crippen LogP contribution in [-0.2, 0) is 11.3 Å². The molecule has 0 spiro atoms. The van der Waals surface area contributed by atoms with E-state index in [0.29, 0.717) is 24.4 Å². The van der Waals surface area contributed by atoms with Crippen molar-refractivity contribution in [3.8, 4) is 0 Å². The molecule has 0 atom stereocenters. The molecule has 1 aliphatic heterocycles. The van der Waals surface area contributed by atoms with Gasteiger partial charge >= 0.3 is 0 Å². The van der Waals surface area contributed by atoms with Crippen molar-refractivity contribution in [2.24, 2.45) is 0 Å². The zero-order valence-corrected chi connectivity index (χ0v) is 16.5. The number of hydrogen-bond acceptors (Lipinski definition) is 5. The SMILES string of the molecule is O=C(N/C(=C/c1ccco1)C(=O)N1CCN(Cc2ccco2)CC1)c1ccccc1. The average molecular weight is 405 g/mol. The molecule has 1 N–H and O–H groups in total.